The van der Waals surface area contributed by atoms with Gasteiger partial charge < -0.3 is 26.0 Å². The van der Waals surface area contributed by atoms with Crippen molar-refractivity contribution in [2.45, 2.75) is 111 Å². The summed E-state index contributed by atoms with van der Waals surface area (Å²) in [6, 6.07) is 11.3. The molecule has 0 bridgehead atoms. The van der Waals surface area contributed by atoms with Crippen molar-refractivity contribution < 1.29 is 19.4 Å². The van der Waals surface area contributed by atoms with Gasteiger partial charge in [0.2, 0.25) is 0 Å². The number of carboxylic acid groups (broad SMARTS) is 1. The number of ether oxygens (including phenoxy) is 2. The number of aliphatic carboxylic acids is 1. The highest BCUT2D eigenvalue weighted by molar-refractivity contribution is 5.85. The molecule has 6 nitrogen and oxygen atoms in total. The first-order valence-electron chi connectivity index (χ1n) is 19.5. The van der Waals surface area contributed by atoms with Gasteiger partial charge in [-0.15, -0.1) is 0 Å². The number of allylic oxidation sites excluding steroid dienone is 2. The Labute approximate surface area is 301 Å². The van der Waals surface area contributed by atoms with Gasteiger partial charge >= 0.3 is 5.97 Å². The van der Waals surface area contributed by atoms with Gasteiger partial charge in [-0.1, -0.05) is 71.6 Å². The fourth-order valence-corrected chi connectivity index (χ4v) is 11.2. The quantitative estimate of drug-likeness (QED) is 0.0840. The van der Waals surface area contributed by atoms with Crippen molar-refractivity contribution >= 4 is 23.4 Å². The largest absolute Gasteiger partial charge is 0.490 e. The molecule has 6 heteroatoms. The average Bonchev–Trinajstić information content (AvgIpc) is 3.43. The summed E-state index contributed by atoms with van der Waals surface area (Å²) in [6.45, 7) is 13.3. The number of carboxylic acids is 1. The third-order valence-corrected chi connectivity index (χ3v) is 13.8. The lowest BCUT2D eigenvalue weighted by Gasteiger charge is -2.58. The molecule has 0 aliphatic heterocycles. The highest BCUT2D eigenvalue weighted by Gasteiger charge is 2.59. The van der Waals surface area contributed by atoms with Crippen LogP contribution in [-0.2, 0) is 4.79 Å². The highest BCUT2D eigenvalue weighted by Crippen LogP contribution is 2.68. The molecule has 2 aromatic carbocycles. The predicted octanol–water partition coefficient (Wildman–Crippen LogP) is 10.5. The van der Waals surface area contributed by atoms with Gasteiger partial charge in [-0.25, -0.2) is 4.79 Å². The van der Waals surface area contributed by atoms with E-state index < -0.39 is 5.97 Å². The molecule has 6 rings (SSSR count). The molecule has 0 amide bonds. The van der Waals surface area contributed by atoms with Crippen molar-refractivity contribution in [1.29, 1.82) is 0 Å². The lowest BCUT2D eigenvalue weighted by molar-refractivity contribution is -0.131. The van der Waals surface area contributed by atoms with Crippen LogP contribution in [0.15, 0.2) is 54.1 Å². The third-order valence-electron chi connectivity index (χ3n) is 13.8. The van der Waals surface area contributed by atoms with Crippen molar-refractivity contribution in [3.63, 3.8) is 0 Å². The van der Waals surface area contributed by atoms with Crippen LogP contribution >= 0.6 is 0 Å². The fourth-order valence-electron chi connectivity index (χ4n) is 11.2. The molecule has 0 saturated heterocycles. The normalized spacial score (nSPS) is 31.1. The topological polar surface area (TPSA) is 108 Å². The maximum atomic E-state index is 11.3. The van der Waals surface area contributed by atoms with E-state index in [1.807, 2.05) is 12.1 Å². The van der Waals surface area contributed by atoms with E-state index in [1.54, 1.807) is 29.8 Å². The molecule has 3 saturated carbocycles. The van der Waals surface area contributed by atoms with E-state index in [4.69, 9.17) is 20.9 Å². The van der Waals surface area contributed by atoms with Crippen molar-refractivity contribution in [3.8, 4) is 11.5 Å². The summed E-state index contributed by atoms with van der Waals surface area (Å²) in [6.07, 6.45) is 19.9. The Kier molecular flexibility index (Phi) is 11.0. The molecule has 0 spiro atoms. The summed E-state index contributed by atoms with van der Waals surface area (Å²) in [5, 5.41) is 9.29. The zero-order chi connectivity index (χ0) is 35.6. The van der Waals surface area contributed by atoms with E-state index in [2.05, 4.69) is 46.8 Å². The summed E-state index contributed by atoms with van der Waals surface area (Å²) >= 11 is 0. The fraction of sp³-hybridized carbons (Fsp3) is 0.614. The van der Waals surface area contributed by atoms with Gasteiger partial charge in [0, 0.05) is 11.8 Å². The number of nitrogens with two attached hydrogens (primary N) is 2. The summed E-state index contributed by atoms with van der Waals surface area (Å²) < 4.78 is 12.3. The standard InChI is InChI=1S/C44H62N2O4/c1-28(2)7-6-8-29(3)36-14-15-37-34-13-11-32-26-31(19-21-43(32,4)38(34)20-22-44(36,37)5)35-25-30(10-18-42(47)48)9-16-40(35)49-23-24-50-41-17-12-33(45)27-39(41)46/h9-12,16-18,25,27-29,31,34,36-38H,6-8,13-15,19-24,26,45-46H2,1-5H3,(H,47,48)/t29-,31?,34?,36-,37?,38?,43+,44-/m1/s1. The molecule has 5 N–H and O–H groups in total. The zero-order valence-corrected chi connectivity index (χ0v) is 31.3. The van der Waals surface area contributed by atoms with Gasteiger partial charge in [0.05, 0.1) is 5.69 Å². The van der Waals surface area contributed by atoms with Crippen molar-refractivity contribution in [3.05, 3.63) is 65.3 Å². The van der Waals surface area contributed by atoms with Gasteiger partial charge in [0.25, 0.3) is 0 Å². The molecular weight excluding hydrogens is 620 g/mol. The maximum Gasteiger partial charge on any atom is 0.328 e. The van der Waals surface area contributed by atoms with Crippen LogP contribution in [0.1, 0.15) is 122 Å². The molecule has 4 unspecified atom stereocenters. The molecule has 4 aliphatic rings. The van der Waals surface area contributed by atoms with E-state index in [0.29, 0.717) is 41.7 Å². The van der Waals surface area contributed by atoms with Gasteiger partial charge in [0.15, 0.2) is 0 Å². The Morgan fingerprint density at radius 3 is 2.44 bits per heavy atom. The number of hydrogen-bond acceptors (Lipinski definition) is 5. The average molecular weight is 683 g/mol. The van der Waals surface area contributed by atoms with Crippen molar-refractivity contribution in [1.82, 2.24) is 0 Å². The number of anilines is 2. The first-order valence-corrected chi connectivity index (χ1v) is 19.5. The smallest absolute Gasteiger partial charge is 0.328 e. The third kappa shape index (κ3) is 7.46. The number of carbonyl (C=O) groups is 1. The molecular formula is C44H62N2O4. The monoisotopic (exact) mass is 682 g/mol. The summed E-state index contributed by atoms with van der Waals surface area (Å²) in [5.74, 6) is 5.78. The maximum absolute atomic E-state index is 11.3. The van der Waals surface area contributed by atoms with E-state index in [1.165, 1.54) is 63.9 Å². The van der Waals surface area contributed by atoms with Crippen LogP contribution in [0.5, 0.6) is 11.5 Å². The second-order valence-electron chi connectivity index (χ2n) is 17.2. The SMILES string of the molecule is CC(C)CCC[C@@H](C)[C@H]1CCC2C3CC=C4CC(c5cc(C=CC(=O)O)ccc5OCCOc5ccc(N)cc5N)CC[C@]4(C)C3CC[C@@]21C. The van der Waals surface area contributed by atoms with E-state index in [-0.39, 0.29) is 5.41 Å². The van der Waals surface area contributed by atoms with Crippen LogP contribution in [0.25, 0.3) is 6.08 Å². The molecule has 50 heavy (non-hydrogen) atoms. The van der Waals surface area contributed by atoms with Crippen LogP contribution < -0.4 is 20.9 Å². The first-order chi connectivity index (χ1) is 23.9. The van der Waals surface area contributed by atoms with Gasteiger partial charge in [-0.05, 0) is 151 Å². The molecule has 272 valence electrons. The van der Waals surface area contributed by atoms with Crippen LogP contribution in [0, 0.1) is 46.3 Å². The number of hydrogen-bond donors (Lipinski definition) is 3. The first kappa shape index (κ1) is 36.4. The number of benzene rings is 2. The minimum Gasteiger partial charge on any atom is -0.490 e. The van der Waals surface area contributed by atoms with Gasteiger partial charge in [-0.3, -0.25) is 0 Å². The van der Waals surface area contributed by atoms with Crippen LogP contribution in [0.2, 0.25) is 0 Å². The molecule has 4 aliphatic carbocycles. The second kappa shape index (κ2) is 15.1. The Morgan fingerprint density at radius 2 is 1.70 bits per heavy atom. The second-order valence-corrected chi connectivity index (χ2v) is 17.2. The number of nitrogen functional groups attached to an aromatic ring is 2. The van der Waals surface area contributed by atoms with Crippen LogP contribution in [-0.4, -0.2) is 24.3 Å². The molecule has 0 aromatic heterocycles. The molecule has 0 heterocycles. The minimum atomic E-state index is -0.945. The van der Waals surface area contributed by atoms with E-state index in [0.717, 1.165) is 65.2 Å². The van der Waals surface area contributed by atoms with Crippen molar-refractivity contribution in [2.75, 3.05) is 24.7 Å². The Morgan fingerprint density at radius 1 is 0.940 bits per heavy atom. The van der Waals surface area contributed by atoms with Crippen LogP contribution in [0.3, 0.4) is 0 Å². The van der Waals surface area contributed by atoms with Gasteiger partial charge in [0.1, 0.15) is 24.7 Å². The molecule has 0 radical (unpaired) electrons. The summed E-state index contributed by atoms with van der Waals surface area (Å²) in [7, 11) is 0. The number of fused-ring (bicyclic) bond motifs is 5. The lowest BCUT2D eigenvalue weighted by Crippen LogP contribution is -2.50. The minimum absolute atomic E-state index is 0.260. The Bertz CT molecular complexity index is 1580. The van der Waals surface area contributed by atoms with E-state index >= 15 is 0 Å². The predicted molar refractivity (Wildman–Crippen MR) is 205 cm³/mol. The van der Waals surface area contributed by atoms with Crippen molar-refractivity contribution in [2.24, 2.45) is 46.3 Å². The summed E-state index contributed by atoms with van der Waals surface area (Å²) in [5.41, 5.74) is 17.5. The van der Waals surface area contributed by atoms with Gasteiger partial charge in [-0.2, -0.15) is 0 Å². The lowest BCUT2D eigenvalue weighted by atomic mass is 9.46. The molecule has 3 fully saturated rings. The zero-order valence-electron chi connectivity index (χ0n) is 31.3. The van der Waals surface area contributed by atoms with E-state index in [9.17, 15) is 9.90 Å². The Hall–Kier alpha value is -3.41. The van der Waals surface area contributed by atoms with Crippen LogP contribution in [0.4, 0.5) is 11.4 Å². The molecule has 8 atom stereocenters. The number of rotatable bonds is 13. The molecule has 2 aromatic rings. The Balaban J connectivity index is 1.16. The highest BCUT2D eigenvalue weighted by atomic mass is 16.5. The summed E-state index contributed by atoms with van der Waals surface area (Å²) in [4.78, 5) is 11.3.